The highest BCUT2D eigenvalue weighted by Crippen LogP contribution is 2.30. The molecule has 1 unspecified atom stereocenters. The molecule has 0 aliphatic carbocycles. The first kappa shape index (κ1) is 23.8. The minimum absolute atomic E-state index is 0.0546. The summed E-state index contributed by atoms with van der Waals surface area (Å²) in [6.07, 6.45) is 0.966. The molecule has 12 heteroatoms. The summed E-state index contributed by atoms with van der Waals surface area (Å²) in [4.78, 5) is 24.2. The van der Waals surface area contributed by atoms with Gasteiger partial charge in [-0.1, -0.05) is 11.3 Å². The lowest BCUT2D eigenvalue weighted by molar-refractivity contribution is -0.119. The van der Waals surface area contributed by atoms with E-state index in [2.05, 4.69) is 20.8 Å². The molecule has 0 spiro atoms. The average Bonchev–Trinajstić information content (AvgIpc) is 3.49. The van der Waals surface area contributed by atoms with Crippen LogP contribution in [0.5, 0.6) is 5.75 Å². The number of carbonyl (C=O) groups excluding carboxylic acids is 2. The van der Waals surface area contributed by atoms with Crippen molar-refractivity contribution in [1.29, 1.82) is 0 Å². The molecule has 178 valence electrons. The molecule has 1 aromatic heterocycles. The van der Waals surface area contributed by atoms with Crippen molar-refractivity contribution in [2.24, 2.45) is 0 Å². The number of benzene rings is 2. The van der Waals surface area contributed by atoms with Crippen LogP contribution in [-0.2, 0) is 19.6 Å². The summed E-state index contributed by atoms with van der Waals surface area (Å²) in [6, 6.07) is 12.3. The van der Waals surface area contributed by atoms with E-state index in [1.165, 1.54) is 46.8 Å². The van der Waals surface area contributed by atoms with Crippen molar-refractivity contribution in [3.8, 4) is 16.3 Å². The zero-order valence-electron chi connectivity index (χ0n) is 18.5. The Morgan fingerprint density at radius 1 is 1.06 bits per heavy atom. The third-order valence-electron chi connectivity index (χ3n) is 5.28. The molecule has 3 aromatic rings. The predicted octanol–water partition coefficient (Wildman–Crippen LogP) is 2.96. The first-order valence-corrected chi connectivity index (χ1v) is 12.7. The summed E-state index contributed by atoms with van der Waals surface area (Å²) in [5.41, 5.74) is 1.32. The van der Waals surface area contributed by atoms with Crippen molar-refractivity contribution in [2.75, 3.05) is 24.3 Å². The van der Waals surface area contributed by atoms with Crippen LogP contribution < -0.4 is 15.4 Å². The van der Waals surface area contributed by atoms with Crippen LogP contribution in [0.4, 0.5) is 10.8 Å². The van der Waals surface area contributed by atoms with Gasteiger partial charge in [-0.3, -0.25) is 14.9 Å². The average molecular weight is 502 g/mol. The minimum Gasteiger partial charge on any atom is -0.497 e. The largest absolute Gasteiger partial charge is 0.497 e. The maximum absolute atomic E-state index is 13.2. The third-order valence-corrected chi connectivity index (χ3v) is 8.09. The van der Waals surface area contributed by atoms with E-state index in [4.69, 9.17) is 4.74 Å². The van der Waals surface area contributed by atoms with Gasteiger partial charge in [-0.2, -0.15) is 4.31 Å². The number of anilines is 2. The molecule has 4 rings (SSSR count). The summed E-state index contributed by atoms with van der Waals surface area (Å²) >= 11 is 1.20. The van der Waals surface area contributed by atoms with Crippen LogP contribution in [0.2, 0.25) is 0 Å². The molecule has 2 amide bonds. The Hall–Kier alpha value is -3.35. The topological polar surface area (TPSA) is 131 Å². The molecule has 0 saturated carbocycles. The summed E-state index contributed by atoms with van der Waals surface area (Å²) < 4.78 is 32.8. The van der Waals surface area contributed by atoms with E-state index in [9.17, 15) is 18.0 Å². The van der Waals surface area contributed by atoms with E-state index in [1.54, 1.807) is 19.2 Å². The zero-order valence-corrected chi connectivity index (χ0v) is 20.1. The van der Waals surface area contributed by atoms with Gasteiger partial charge in [0, 0.05) is 24.7 Å². The molecular weight excluding hydrogens is 478 g/mol. The maximum Gasteiger partial charge on any atom is 0.244 e. The van der Waals surface area contributed by atoms with Gasteiger partial charge in [0.05, 0.1) is 12.0 Å². The zero-order chi connectivity index (χ0) is 24.3. The fourth-order valence-electron chi connectivity index (χ4n) is 3.65. The van der Waals surface area contributed by atoms with Gasteiger partial charge in [0.2, 0.25) is 27.0 Å². The number of nitrogens with one attached hydrogen (secondary N) is 2. The van der Waals surface area contributed by atoms with Crippen molar-refractivity contribution in [3.05, 3.63) is 48.5 Å². The molecule has 2 heterocycles. The van der Waals surface area contributed by atoms with Crippen molar-refractivity contribution in [1.82, 2.24) is 14.5 Å². The SMILES string of the molecule is COc1ccc(-c2nnc(NC(=O)C3CCCN3S(=O)(=O)c3ccc(NC(C)=O)cc3)s2)cc1. The van der Waals surface area contributed by atoms with E-state index in [0.29, 0.717) is 34.4 Å². The van der Waals surface area contributed by atoms with E-state index >= 15 is 0 Å². The number of sulfonamides is 1. The van der Waals surface area contributed by atoms with Crippen LogP contribution in [0.15, 0.2) is 53.4 Å². The monoisotopic (exact) mass is 501 g/mol. The number of nitrogens with zero attached hydrogens (tertiary/aromatic N) is 3. The van der Waals surface area contributed by atoms with Gasteiger partial charge in [0.15, 0.2) is 0 Å². The molecule has 10 nitrogen and oxygen atoms in total. The van der Waals surface area contributed by atoms with Gasteiger partial charge >= 0.3 is 0 Å². The number of hydrogen-bond donors (Lipinski definition) is 2. The standard InChI is InChI=1S/C22H23N5O5S2/c1-14(28)23-16-7-11-18(12-8-16)34(30,31)27-13-3-4-19(27)20(29)24-22-26-25-21(33-22)15-5-9-17(32-2)10-6-15/h5-12,19H,3-4,13H2,1-2H3,(H,23,28)(H,24,26,29). The smallest absolute Gasteiger partial charge is 0.244 e. The molecule has 2 aromatic carbocycles. The molecule has 0 bridgehead atoms. The van der Waals surface area contributed by atoms with Gasteiger partial charge in [0.1, 0.15) is 16.8 Å². The third kappa shape index (κ3) is 5.08. The Labute approximate surface area is 201 Å². The van der Waals surface area contributed by atoms with Gasteiger partial charge < -0.3 is 10.1 Å². The number of aromatic nitrogens is 2. The highest BCUT2D eigenvalue weighted by molar-refractivity contribution is 7.89. The predicted molar refractivity (Wildman–Crippen MR) is 128 cm³/mol. The Balaban J connectivity index is 1.47. The lowest BCUT2D eigenvalue weighted by Gasteiger charge is -2.23. The van der Waals surface area contributed by atoms with Crippen LogP contribution in [0.1, 0.15) is 19.8 Å². The van der Waals surface area contributed by atoms with E-state index in [1.807, 2.05) is 12.1 Å². The number of rotatable bonds is 7. The fourth-order valence-corrected chi connectivity index (χ4v) is 6.06. The van der Waals surface area contributed by atoms with Gasteiger partial charge in [0.25, 0.3) is 0 Å². The minimum atomic E-state index is -3.90. The Kier molecular flexibility index (Phi) is 6.91. The maximum atomic E-state index is 13.2. The molecule has 1 atom stereocenters. The Bertz CT molecular complexity index is 1290. The lowest BCUT2D eigenvalue weighted by atomic mass is 10.2. The number of carbonyl (C=O) groups is 2. The van der Waals surface area contributed by atoms with Crippen molar-refractivity contribution in [2.45, 2.75) is 30.7 Å². The Morgan fingerprint density at radius 2 is 1.76 bits per heavy atom. The van der Waals surface area contributed by atoms with Gasteiger partial charge in [-0.05, 0) is 61.4 Å². The lowest BCUT2D eigenvalue weighted by Crippen LogP contribution is -2.43. The van der Waals surface area contributed by atoms with Crippen molar-refractivity contribution in [3.63, 3.8) is 0 Å². The number of ether oxygens (including phenoxy) is 1. The quantitative estimate of drug-likeness (QED) is 0.509. The van der Waals surface area contributed by atoms with Gasteiger partial charge in [-0.15, -0.1) is 10.2 Å². The van der Waals surface area contributed by atoms with Crippen molar-refractivity contribution >= 4 is 44.0 Å². The molecule has 1 aliphatic rings. The molecule has 34 heavy (non-hydrogen) atoms. The summed E-state index contributed by atoms with van der Waals surface area (Å²) in [5, 5.41) is 14.4. The second-order valence-electron chi connectivity index (χ2n) is 7.61. The van der Waals surface area contributed by atoms with E-state index in [-0.39, 0.29) is 17.3 Å². The van der Waals surface area contributed by atoms with Crippen LogP contribution in [-0.4, -0.2) is 54.4 Å². The number of hydrogen-bond acceptors (Lipinski definition) is 8. The Morgan fingerprint density at radius 3 is 2.41 bits per heavy atom. The molecule has 1 saturated heterocycles. The van der Waals surface area contributed by atoms with Crippen LogP contribution in [0.3, 0.4) is 0 Å². The number of amides is 2. The summed E-state index contributed by atoms with van der Waals surface area (Å²) in [7, 11) is -2.32. The normalized spacial score (nSPS) is 16.2. The van der Waals surface area contributed by atoms with Crippen LogP contribution in [0, 0.1) is 0 Å². The molecular formula is C22H23N5O5S2. The second-order valence-corrected chi connectivity index (χ2v) is 10.5. The molecule has 2 N–H and O–H groups in total. The number of methoxy groups -OCH3 is 1. The summed E-state index contributed by atoms with van der Waals surface area (Å²) in [5.74, 6) is 0.0150. The second kappa shape index (κ2) is 9.87. The summed E-state index contributed by atoms with van der Waals surface area (Å²) in [6.45, 7) is 1.61. The molecule has 0 radical (unpaired) electrons. The highest BCUT2D eigenvalue weighted by Gasteiger charge is 2.39. The first-order valence-electron chi connectivity index (χ1n) is 10.5. The van der Waals surface area contributed by atoms with E-state index < -0.39 is 22.0 Å². The fraction of sp³-hybridized carbons (Fsp3) is 0.273. The first-order chi connectivity index (χ1) is 16.3. The highest BCUT2D eigenvalue weighted by atomic mass is 32.2. The van der Waals surface area contributed by atoms with E-state index in [0.717, 1.165) is 5.56 Å². The van der Waals surface area contributed by atoms with Crippen molar-refractivity contribution < 1.29 is 22.7 Å². The van der Waals surface area contributed by atoms with Crippen LogP contribution >= 0.6 is 11.3 Å². The molecule has 1 aliphatic heterocycles. The van der Waals surface area contributed by atoms with Gasteiger partial charge in [-0.25, -0.2) is 8.42 Å². The molecule has 1 fully saturated rings. The van der Waals surface area contributed by atoms with Crippen LogP contribution in [0.25, 0.3) is 10.6 Å².